The van der Waals surface area contributed by atoms with Crippen LogP contribution in [0.5, 0.6) is 0 Å². The maximum Gasteiger partial charge on any atom is 0.160 e. The van der Waals surface area contributed by atoms with Crippen LogP contribution >= 0.6 is 23.4 Å². The number of nitrogens with two attached hydrogens (primary N) is 1. The summed E-state index contributed by atoms with van der Waals surface area (Å²) in [6.45, 7) is 6.47. The second-order valence-electron chi connectivity index (χ2n) is 5.00. The predicted octanol–water partition coefficient (Wildman–Crippen LogP) is 5.37. The number of benzene rings is 1. The number of aromatic nitrogens is 2. The summed E-state index contributed by atoms with van der Waals surface area (Å²) in [6, 6.07) is 7.53. The second kappa shape index (κ2) is 9.52. The molecule has 1 aromatic heterocycles. The summed E-state index contributed by atoms with van der Waals surface area (Å²) >= 11 is 7.95. The van der Waals surface area contributed by atoms with E-state index in [1.807, 2.05) is 30.3 Å². The number of thioether (sulfide) groups is 1. The standard InChI is InChI=1S/C17H20ClN5S/c1-3-9-24-15(4-2)17-20-11-14(16(18)21-17)23-22-13-7-5-12(10-19)6-8-13/h4-8,11,15H,2-3,9-10,19H2,1H3/b23-22+. The Labute approximate surface area is 151 Å². The third-order valence-corrected chi connectivity index (χ3v) is 4.84. The number of hydrogen-bond donors (Lipinski definition) is 1. The number of azo groups is 1. The molecule has 1 atom stereocenters. The van der Waals surface area contributed by atoms with Crippen molar-refractivity contribution in [3.8, 4) is 0 Å². The predicted molar refractivity (Wildman–Crippen MR) is 101 cm³/mol. The lowest BCUT2D eigenvalue weighted by Crippen LogP contribution is -1.99. The topological polar surface area (TPSA) is 76.5 Å². The zero-order valence-corrected chi connectivity index (χ0v) is 15.1. The van der Waals surface area contributed by atoms with Gasteiger partial charge in [0, 0.05) is 6.54 Å². The molecule has 1 unspecified atom stereocenters. The molecule has 0 saturated carbocycles. The fourth-order valence-corrected chi connectivity index (χ4v) is 2.94. The maximum atomic E-state index is 6.21. The smallest absolute Gasteiger partial charge is 0.160 e. The van der Waals surface area contributed by atoms with Crippen LogP contribution < -0.4 is 5.73 Å². The summed E-state index contributed by atoms with van der Waals surface area (Å²) in [5.74, 6) is 1.65. The molecule has 0 spiro atoms. The van der Waals surface area contributed by atoms with E-state index in [4.69, 9.17) is 17.3 Å². The van der Waals surface area contributed by atoms with Gasteiger partial charge < -0.3 is 5.73 Å². The summed E-state index contributed by atoms with van der Waals surface area (Å²) in [5.41, 5.74) is 7.76. The minimum absolute atomic E-state index is 0.0252. The Balaban J connectivity index is 2.13. The molecule has 0 bridgehead atoms. The minimum Gasteiger partial charge on any atom is -0.326 e. The van der Waals surface area contributed by atoms with Crippen LogP contribution in [0.3, 0.4) is 0 Å². The molecule has 126 valence electrons. The average Bonchev–Trinajstić information content (AvgIpc) is 2.62. The number of rotatable bonds is 8. The first-order valence-electron chi connectivity index (χ1n) is 7.65. The highest BCUT2D eigenvalue weighted by atomic mass is 35.5. The molecule has 0 fully saturated rings. The van der Waals surface area contributed by atoms with Gasteiger partial charge in [-0.25, -0.2) is 9.97 Å². The molecule has 2 N–H and O–H groups in total. The first kappa shape index (κ1) is 18.6. The third-order valence-electron chi connectivity index (χ3n) is 3.16. The van der Waals surface area contributed by atoms with Gasteiger partial charge in [-0.15, -0.1) is 23.5 Å². The van der Waals surface area contributed by atoms with E-state index in [1.165, 1.54) is 0 Å². The monoisotopic (exact) mass is 361 g/mol. The Kier molecular flexibility index (Phi) is 7.36. The number of halogens is 1. The molecule has 0 aliphatic carbocycles. The Morgan fingerprint density at radius 2 is 2.08 bits per heavy atom. The van der Waals surface area contributed by atoms with Crippen molar-refractivity contribution in [3.05, 3.63) is 59.7 Å². The second-order valence-corrected chi connectivity index (χ2v) is 6.61. The van der Waals surface area contributed by atoms with Crippen molar-refractivity contribution in [3.63, 3.8) is 0 Å². The highest BCUT2D eigenvalue weighted by molar-refractivity contribution is 7.99. The Morgan fingerprint density at radius 1 is 1.33 bits per heavy atom. The highest BCUT2D eigenvalue weighted by Gasteiger charge is 2.13. The van der Waals surface area contributed by atoms with Crippen molar-refractivity contribution in [2.24, 2.45) is 16.0 Å². The largest absolute Gasteiger partial charge is 0.326 e. The molecule has 5 nitrogen and oxygen atoms in total. The Morgan fingerprint density at radius 3 is 2.67 bits per heavy atom. The molecule has 2 rings (SSSR count). The fourth-order valence-electron chi connectivity index (χ4n) is 1.87. The van der Waals surface area contributed by atoms with Crippen molar-refractivity contribution in [1.82, 2.24) is 9.97 Å². The molecule has 2 aromatic rings. The summed E-state index contributed by atoms with van der Waals surface area (Å²) in [5, 5.41) is 8.58. The van der Waals surface area contributed by atoms with Crippen LogP contribution in [0.15, 0.2) is 53.3 Å². The van der Waals surface area contributed by atoms with E-state index in [0.717, 1.165) is 23.4 Å². The van der Waals surface area contributed by atoms with Crippen LogP contribution in [0.25, 0.3) is 0 Å². The molecular weight excluding hydrogens is 342 g/mol. The van der Waals surface area contributed by atoms with Gasteiger partial charge in [0.2, 0.25) is 0 Å². The van der Waals surface area contributed by atoms with Crippen molar-refractivity contribution in [2.45, 2.75) is 25.1 Å². The van der Waals surface area contributed by atoms with E-state index in [2.05, 4.69) is 33.7 Å². The van der Waals surface area contributed by atoms with Crippen LogP contribution in [0, 0.1) is 0 Å². The Bertz CT molecular complexity index is 703. The number of hydrogen-bond acceptors (Lipinski definition) is 6. The zero-order chi connectivity index (χ0) is 17.4. The zero-order valence-electron chi connectivity index (χ0n) is 13.5. The molecule has 0 aliphatic heterocycles. The van der Waals surface area contributed by atoms with Gasteiger partial charge >= 0.3 is 0 Å². The van der Waals surface area contributed by atoms with Gasteiger partial charge in [-0.05, 0) is 29.9 Å². The van der Waals surface area contributed by atoms with Crippen LogP contribution in [0.1, 0.15) is 30.0 Å². The molecule has 0 radical (unpaired) electrons. The minimum atomic E-state index is 0.0252. The molecule has 1 aromatic carbocycles. The summed E-state index contributed by atoms with van der Waals surface area (Å²) in [7, 11) is 0. The molecule has 0 saturated heterocycles. The molecular formula is C17H20ClN5S. The first-order valence-corrected chi connectivity index (χ1v) is 9.08. The summed E-state index contributed by atoms with van der Waals surface area (Å²) in [6.07, 6.45) is 4.50. The third kappa shape index (κ3) is 5.12. The van der Waals surface area contributed by atoms with E-state index in [0.29, 0.717) is 18.1 Å². The van der Waals surface area contributed by atoms with Crippen molar-refractivity contribution in [2.75, 3.05) is 5.75 Å². The van der Waals surface area contributed by atoms with Gasteiger partial charge in [-0.2, -0.15) is 5.11 Å². The van der Waals surface area contributed by atoms with Crippen LogP contribution in [0.4, 0.5) is 11.4 Å². The number of nitrogens with zero attached hydrogens (tertiary/aromatic N) is 4. The van der Waals surface area contributed by atoms with Crippen LogP contribution in [-0.2, 0) is 6.54 Å². The molecule has 0 aliphatic rings. The van der Waals surface area contributed by atoms with E-state index >= 15 is 0 Å². The SMILES string of the molecule is C=CC(SCCC)c1ncc(/N=N/c2ccc(CN)cc2)c(Cl)n1. The van der Waals surface area contributed by atoms with Gasteiger partial charge in [0.25, 0.3) is 0 Å². The summed E-state index contributed by atoms with van der Waals surface area (Å²) < 4.78 is 0. The van der Waals surface area contributed by atoms with Gasteiger partial charge in [-0.3, -0.25) is 0 Å². The molecule has 24 heavy (non-hydrogen) atoms. The van der Waals surface area contributed by atoms with Gasteiger partial charge in [-0.1, -0.05) is 36.7 Å². The Hall–Kier alpha value is -1.76. The maximum absolute atomic E-state index is 6.21. The van der Waals surface area contributed by atoms with Crippen molar-refractivity contribution >= 4 is 34.7 Å². The first-order chi connectivity index (χ1) is 11.7. The van der Waals surface area contributed by atoms with Gasteiger partial charge in [0.05, 0.1) is 17.1 Å². The highest BCUT2D eigenvalue weighted by Crippen LogP contribution is 2.31. The quantitative estimate of drug-likeness (QED) is 0.389. The van der Waals surface area contributed by atoms with Gasteiger partial charge in [0.1, 0.15) is 11.5 Å². The normalized spacial score (nSPS) is 12.5. The van der Waals surface area contributed by atoms with Crippen molar-refractivity contribution < 1.29 is 0 Å². The fraction of sp³-hybridized carbons (Fsp3) is 0.294. The van der Waals surface area contributed by atoms with Crippen LogP contribution in [0.2, 0.25) is 5.15 Å². The summed E-state index contributed by atoms with van der Waals surface area (Å²) in [4.78, 5) is 8.67. The van der Waals surface area contributed by atoms with E-state index in [1.54, 1.807) is 18.0 Å². The lowest BCUT2D eigenvalue weighted by atomic mass is 10.2. The lowest BCUT2D eigenvalue weighted by molar-refractivity contribution is 0.963. The van der Waals surface area contributed by atoms with E-state index < -0.39 is 0 Å². The van der Waals surface area contributed by atoms with E-state index in [9.17, 15) is 0 Å². The average molecular weight is 362 g/mol. The van der Waals surface area contributed by atoms with Crippen molar-refractivity contribution in [1.29, 1.82) is 0 Å². The lowest BCUT2D eigenvalue weighted by Gasteiger charge is -2.10. The van der Waals surface area contributed by atoms with E-state index in [-0.39, 0.29) is 10.4 Å². The van der Waals surface area contributed by atoms with Gasteiger partial charge in [0.15, 0.2) is 5.15 Å². The molecule has 7 heteroatoms. The molecule has 1 heterocycles. The molecule has 0 amide bonds. The van der Waals surface area contributed by atoms with Crippen LogP contribution in [-0.4, -0.2) is 15.7 Å².